The van der Waals surface area contributed by atoms with Crippen LogP contribution in [0.3, 0.4) is 0 Å². The van der Waals surface area contributed by atoms with Crippen molar-refractivity contribution in [2.75, 3.05) is 31.6 Å². The van der Waals surface area contributed by atoms with Crippen molar-refractivity contribution in [2.24, 2.45) is 0 Å². The summed E-state index contributed by atoms with van der Waals surface area (Å²) in [5.41, 5.74) is 2.18. The van der Waals surface area contributed by atoms with Crippen LogP contribution in [-0.2, 0) is 6.54 Å². The normalized spacial score (nSPS) is 10.2. The number of nitrogens with zero attached hydrogens (tertiary/aromatic N) is 1. The average Bonchev–Trinajstić information content (AvgIpc) is 2.66. The first-order valence-electron chi connectivity index (χ1n) is 8.68. The van der Waals surface area contributed by atoms with E-state index in [2.05, 4.69) is 22.5 Å². The molecular formula is C20H27N3O2. The number of hydrogen-bond donors (Lipinski definition) is 2. The fraction of sp³-hybridized carbons (Fsp3) is 0.350. The first kappa shape index (κ1) is 18.6. The Morgan fingerprint density at radius 2 is 1.76 bits per heavy atom. The molecule has 0 atom stereocenters. The summed E-state index contributed by atoms with van der Waals surface area (Å²) in [4.78, 5) is 14.0. The zero-order valence-corrected chi connectivity index (χ0v) is 15.0. The van der Waals surface area contributed by atoms with Crippen LogP contribution in [0.25, 0.3) is 0 Å². The van der Waals surface area contributed by atoms with Crippen LogP contribution in [0.4, 0.5) is 10.5 Å². The minimum atomic E-state index is -0.159. The second-order valence-corrected chi connectivity index (χ2v) is 5.86. The van der Waals surface area contributed by atoms with E-state index in [0.29, 0.717) is 13.1 Å². The molecule has 25 heavy (non-hydrogen) atoms. The minimum Gasteiger partial charge on any atom is -0.494 e. The van der Waals surface area contributed by atoms with Crippen molar-refractivity contribution < 1.29 is 9.53 Å². The highest BCUT2D eigenvalue weighted by molar-refractivity contribution is 5.73. The summed E-state index contributed by atoms with van der Waals surface area (Å²) in [6, 6.07) is 17.7. The Morgan fingerprint density at radius 3 is 2.44 bits per heavy atom. The van der Waals surface area contributed by atoms with Gasteiger partial charge in [0.15, 0.2) is 0 Å². The third-order valence-corrected chi connectivity index (χ3v) is 3.78. The van der Waals surface area contributed by atoms with Crippen LogP contribution in [0.15, 0.2) is 54.6 Å². The molecule has 0 saturated carbocycles. The summed E-state index contributed by atoms with van der Waals surface area (Å²) in [7, 11) is 2.01. The Hall–Kier alpha value is -2.69. The molecule has 134 valence electrons. The van der Waals surface area contributed by atoms with Gasteiger partial charge < -0.3 is 20.3 Å². The Morgan fingerprint density at radius 1 is 1.04 bits per heavy atom. The molecular weight excluding hydrogens is 314 g/mol. The lowest BCUT2D eigenvalue weighted by molar-refractivity contribution is 0.241. The minimum absolute atomic E-state index is 0.159. The number of carbonyl (C=O) groups is 1. The van der Waals surface area contributed by atoms with E-state index in [0.717, 1.165) is 36.6 Å². The van der Waals surface area contributed by atoms with Crippen molar-refractivity contribution in [2.45, 2.75) is 19.9 Å². The fourth-order valence-corrected chi connectivity index (χ4v) is 2.32. The molecule has 0 saturated heterocycles. The van der Waals surface area contributed by atoms with E-state index in [1.807, 2.05) is 61.6 Å². The SMILES string of the molecule is CCCOc1ccc(CNC(=O)NCCN(C)c2ccccc2)cc1. The van der Waals surface area contributed by atoms with Gasteiger partial charge in [0, 0.05) is 32.4 Å². The van der Waals surface area contributed by atoms with Gasteiger partial charge in [-0.3, -0.25) is 0 Å². The number of amides is 2. The largest absolute Gasteiger partial charge is 0.494 e. The van der Waals surface area contributed by atoms with Gasteiger partial charge >= 0.3 is 6.03 Å². The van der Waals surface area contributed by atoms with Crippen LogP contribution in [0.1, 0.15) is 18.9 Å². The second kappa shape index (κ2) is 10.2. The number of ether oxygens (including phenoxy) is 1. The highest BCUT2D eigenvalue weighted by Crippen LogP contribution is 2.12. The van der Waals surface area contributed by atoms with Crippen molar-refractivity contribution in [1.29, 1.82) is 0 Å². The zero-order chi connectivity index (χ0) is 17.9. The molecule has 0 fully saturated rings. The summed E-state index contributed by atoms with van der Waals surface area (Å²) < 4.78 is 5.54. The molecule has 2 amide bonds. The third-order valence-electron chi connectivity index (χ3n) is 3.78. The van der Waals surface area contributed by atoms with Gasteiger partial charge in [0.2, 0.25) is 0 Å². The van der Waals surface area contributed by atoms with Crippen LogP contribution in [-0.4, -0.2) is 32.8 Å². The maximum Gasteiger partial charge on any atom is 0.315 e. The monoisotopic (exact) mass is 341 g/mol. The first-order chi connectivity index (χ1) is 12.2. The predicted molar refractivity (Wildman–Crippen MR) is 102 cm³/mol. The number of carbonyl (C=O) groups excluding carboxylic acids is 1. The lowest BCUT2D eigenvalue weighted by Gasteiger charge is -2.19. The lowest BCUT2D eigenvalue weighted by atomic mass is 10.2. The van der Waals surface area contributed by atoms with Crippen LogP contribution in [0.2, 0.25) is 0 Å². The molecule has 0 unspecified atom stereocenters. The molecule has 2 rings (SSSR count). The van der Waals surface area contributed by atoms with Gasteiger partial charge in [0.25, 0.3) is 0 Å². The lowest BCUT2D eigenvalue weighted by Crippen LogP contribution is -2.39. The van der Waals surface area contributed by atoms with E-state index >= 15 is 0 Å². The zero-order valence-electron chi connectivity index (χ0n) is 15.0. The van der Waals surface area contributed by atoms with Gasteiger partial charge in [-0.05, 0) is 36.2 Å². The van der Waals surface area contributed by atoms with Gasteiger partial charge in [0.1, 0.15) is 5.75 Å². The first-order valence-corrected chi connectivity index (χ1v) is 8.68. The second-order valence-electron chi connectivity index (χ2n) is 5.86. The molecule has 0 bridgehead atoms. The molecule has 0 aliphatic carbocycles. The average molecular weight is 341 g/mol. The highest BCUT2D eigenvalue weighted by Gasteiger charge is 2.03. The van der Waals surface area contributed by atoms with Crippen molar-refractivity contribution in [1.82, 2.24) is 10.6 Å². The van der Waals surface area contributed by atoms with Crippen LogP contribution < -0.4 is 20.3 Å². The topological polar surface area (TPSA) is 53.6 Å². The molecule has 2 N–H and O–H groups in total. The molecule has 0 radical (unpaired) electrons. The van der Waals surface area contributed by atoms with Crippen LogP contribution in [0, 0.1) is 0 Å². The summed E-state index contributed by atoms with van der Waals surface area (Å²) in [5.74, 6) is 0.860. The number of urea groups is 1. The summed E-state index contributed by atoms with van der Waals surface area (Å²) in [5, 5.41) is 5.74. The molecule has 0 spiro atoms. The Labute approximate surface area is 150 Å². The number of benzene rings is 2. The molecule has 0 aliphatic heterocycles. The Kier molecular flexibility index (Phi) is 7.63. The smallest absolute Gasteiger partial charge is 0.315 e. The van der Waals surface area contributed by atoms with Gasteiger partial charge in [-0.15, -0.1) is 0 Å². The molecule has 5 heteroatoms. The maximum atomic E-state index is 11.9. The van der Waals surface area contributed by atoms with Crippen LogP contribution >= 0.6 is 0 Å². The number of nitrogens with one attached hydrogen (secondary N) is 2. The van der Waals surface area contributed by atoms with Gasteiger partial charge in [-0.1, -0.05) is 37.3 Å². The number of para-hydroxylation sites is 1. The van der Waals surface area contributed by atoms with Gasteiger partial charge in [-0.2, -0.15) is 0 Å². The van der Waals surface area contributed by atoms with Crippen molar-refractivity contribution in [3.8, 4) is 5.75 Å². The molecule has 0 heterocycles. The van der Waals surface area contributed by atoms with Crippen molar-refractivity contribution in [3.05, 3.63) is 60.2 Å². The molecule has 2 aromatic rings. The quantitative estimate of drug-likeness (QED) is 0.735. The highest BCUT2D eigenvalue weighted by atomic mass is 16.5. The van der Waals surface area contributed by atoms with E-state index in [-0.39, 0.29) is 6.03 Å². The summed E-state index contributed by atoms with van der Waals surface area (Å²) >= 11 is 0. The Bertz CT molecular complexity index is 629. The number of likely N-dealkylation sites (N-methyl/N-ethyl adjacent to an activating group) is 1. The molecule has 2 aromatic carbocycles. The fourth-order valence-electron chi connectivity index (χ4n) is 2.32. The standard InChI is InChI=1S/C20H27N3O2/c1-3-15-25-19-11-9-17(10-12-19)16-22-20(24)21-13-14-23(2)18-7-5-4-6-8-18/h4-12H,3,13-16H2,1-2H3,(H2,21,22,24). The maximum absolute atomic E-state index is 11.9. The molecule has 0 aromatic heterocycles. The van der Waals surface area contributed by atoms with E-state index < -0.39 is 0 Å². The number of hydrogen-bond acceptors (Lipinski definition) is 3. The van der Waals surface area contributed by atoms with E-state index in [1.54, 1.807) is 0 Å². The molecule has 0 aliphatic rings. The van der Waals surface area contributed by atoms with Crippen LogP contribution in [0.5, 0.6) is 5.75 Å². The molecule has 5 nitrogen and oxygen atoms in total. The third kappa shape index (κ3) is 6.75. The van der Waals surface area contributed by atoms with Gasteiger partial charge in [-0.25, -0.2) is 4.79 Å². The number of anilines is 1. The summed E-state index contributed by atoms with van der Waals surface area (Å²) in [6.07, 6.45) is 0.989. The van der Waals surface area contributed by atoms with E-state index in [4.69, 9.17) is 4.74 Å². The Balaban J connectivity index is 1.65. The van der Waals surface area contributed by atoms with Gasteiger partial charge in [0.05, 0.1) is 6.61 Å². The number of rotatable bonds is 9. The van der Waals surface area contributed by atoms with E-state index in [1.165, 1.54) is 0 Å². The summed E-state index contributed by atoms with van der Waals surface area (Å²) in [6.45, 7) is 4.63. The predicted octanol–water partition coefficient (Wildman–Crippen LogP) is 3.41. The van der Waals surface area contributed by atoms with Crippen molar-refractivity contribution in [3.63, 3.8) is 0 Å². The van der Waals surface area contributed by atoms with E-state index in [9.17, 15) is 4.79 Å². The van der Waals surface area contributed by atoms with Crippen molar-refractivity contribution >= 4 is 11.7 Å².